The molecule has 13 heteroatoms. The number of ether oxygens (including phenoxy) is 1. The Labute approximate surface area is 214 Å². The minimum atomic E-state index is -1.29. The van der Waals surface area contributed by atoms with Crippen molar-refractivity contribution in [3.63, 3.8) is 0 Å². The van der Waals surface area contributed by atoms with Gasteiger partial charge in [0.25, 0.3) is 11.8 Å². The number of carbonyl (C=O) groups is 5. The van der Waals surface area contributed by atoms with Crippen LogP contribution in [0, 0.1) is 5.82 Å². The first-order chi connectivity index (χ1) is 18.1. The topological polar surface area (TPSA) is 159 Å². The zero-order valence-electron chi connectivity index (χ0n) is 20.2. The summed E-state index contributed by atoms with van der Waals surface area (Å²) < 4.78 is 25.7. The van der Waals surface area contributed by atoms with E-state index in [1.54, 1.807) is 37.3 Å². The average Bonchev–Trinajstić information content (AvgIpc) is 3.52. The Morgan fingerprint density at radius 1 is 1.26 bits per heavy atom. The number of benzene rings is 2. The van der Waals surface area contributed by atoms with E-state index in [2.05, 4.69) is 16.0 Å². The van der Waals surface area contributed by atoms with Crippen LogP contribution in [0.2, 0.25) is 0 Å². The minimum absolute atomic E-state index is 0.0621. The summed E-state index contributed by atoms with van der Waals surface area (Å²) >= 11 is 0. The number of methoxy groups -OCH3 is 1. The van der Waals surface area contributed by atoms with Crippen molar-refractivity contribution < 1.29 is 37.5 Å². The molecule has 2 atom stereocenters. The molecule has 1 fully saturated rings. The molecule has 0 radical (unpaired) electrons. The third-order valence-corrected chi connectivity index (χ3v) is 6.67. The number of nitrogens with one attached hydrogen (secondary N) is 4. The van der Waals surface area contributed by atoms with Crippen molar-refractivity contribution in [2.24, 2.45) is 0 Å². The zero-order chi connectivity index (χ0) is 27.2. The predicted molar refractivity (Wildman–Crippen MR) is 128 cm³/mol. The highest BCUT2D eigenvalue weighted by Gasteiger charge is 2.43. The van der Waals surface area contributed by atoms with Gasteiger partial charge in [0.15, 0.2) is 11.6 Å². The fraction of sp³-hybridized carbons (Fsp3) is 0.240. The third-order valence-electron chi connectivity index (χ3n) is 6.67. The van der Waals surface area contributed by atoms with Gasteiger partial charge in [-0.3, -0.25) is 25.0 Å². The Balaban J connectivity index is 1.46. The van der Waals surface area contributed by atoms with Crippen LogP contribution in [0.1, 0.15) is 40.2 Å². The molecule has 1 unspecified atom stereocenters. The number of fused-ring (bicyclic) bond motifs is 2. The number of nitrogens with zero attached hydrogens (tertiary/aromatic N) is 1. The summed E-state index contributed by atoms with van der Waals surface area (Å²) in [6.07, 6.45) is 0.206. The Bertz CT molecular complexity index is 1520. The zero-order valence-corrected chi connectivity index (χ0v) is 20.2. The van der Waals surface area contributed by atoms with E-state index in [4.69, 9.17) is 9.15 Å². The number of imide groups is 2. The van der Waals surface area contributed by atoms with Crippen molar-refractivity contribution in [1.29, 1.82) is 0 Å². The highest BCUT2D eigenvalue weighted by molar-refractivity contribution is 6.07. The maximum absolute atomic E-state index is 14.8. The van der Waals surface area contributed by atoms with Crippen LogP contribution < -0.4 is 26.0 Å². The molecule has 12 nitrogen and oxygen atoms in total. The molecular weight excluding hydrogens is 501 g/mol. The van der Waals surface area contributed by atoms with E-state index < -0.39 is 41.3 Å². The third kappa shape index (κ3) is 4.07. The summed E-state index contributed by atoms with van der Waals surface area (Å²) in [5.41, 5.74) is -0.0307. The van der Waals surface area contributed by atoms with Gasteiger partial charge in [0.05, 0.1) is 12.7 Å². The highest BCUT2D eigenvalue weighted by atomic mass is 19.1. The molecule has 3 aromatic rings. The SMILES string of the molecule is COc1ccc2c(c1F)C(=O)N(C[C@H](NC(=O)NC=O)c1cc3cc(C4(C)NC(=O)NC4=O)ccc3o1)C2. The van der Waals surface area contributed by atoms with E-state index in [1.807, 2.05) is 5.32 Å². The van der Waals surface area contributed by atoms with Crippen molar-refractivity contribution in [2.45, 2.75) is 25.0 Å². The van der Waals surface area contributed by atoms with Crippen molar-refractivity contribution in [1.82, 2.24) is 26.2 Å². The first kappa shape index (κ1) is 24.7. The summed E-state index contributed by atoms with van der Waals surface area (Å²) in [6, 6.07) is 7.16. The molecule has 1 aromatic heterocycles. The predicted octanol–water partition coefficient (Wildman–Crippen LogP) is 1.79. The highest BCUT2D eigenvalue weighted by Crippen LogP contribution is 2.34. The number of urea groups is 2. The van der Waals surface area contributed by atoms with Gasteiger partial charge in [-0.05, 0) is 42.3 Å². The second-order valence-electron chi connectivity index (χ2n) is 9.02. The van der Waals surface area contributed by atoms with E-state index in [1.165, 1.54) is 18.1 Å². The monoisotopic (exact) mass is 523 g/mol. The average molecular weight is 523 g/mol. The molecule has 0 aliphatic carbocycles. The molecule has 2 aromatic carbocycles. The molecule has 5 rings (SSSR count). The lowest BCUT2D eigenvalue weighted by atomic mass is 9.91. The summed E-state index contributed by atoms with van der Waals surface area (Å²) in [7, 11) is 1.30. The van der Waals surface area contributed by atoms with E-state index >= 15 is 0 Å². The molecule has 7 amide bonds. The molecule has 0 bridgehead atoms. The standard InChI is InChI=1S/C25H22FN5O7/c1-25(22(34)29-24(36)30-25)14-4-6-16-13(7-14)8-18(38-16)15(28-23(35)27-11-32)10-31-9-12-3-5-17(37-2)20(26)19(12)21(31)33/h3-8,11,15H,9-10H2,1-2H3,(H2,27,28,32,35)(H2,29,30,34,36)/t15-,25?/m0/s1. The Kier molecular flexibility index (Phi) is 5.97. The number of rotatable bonds is 7. The van der Waals surface area contributed by atoms with Crippen LogP contribution in [0.4, 0.5) is 14.0 Å². The summed E-state index contributed by atoms with van der Waals surface area (Å²) in [5, 5.41) is 9.93. The van der Waals surface area contributed by atoms with Crippen LogP contribution in [0.15, 0.2) is 40.8 Å². The lowest BCUT2D eigenvalue weighted by molar-refractivity contribution is -0.123. The van der Waals surface area contributed by atoms with E-state index in [-0.39, 0.29) is 36.6 Å². The van der Waals surface area contributed by atoms with Gasteiger partial charge in [-0.25, -0.2) is 14.0 Å². The van der Waals surface area contributed by atoms with Crippen molar-refractivity contribution in [3.05, 3.63) is 64.7 Å². The second-order valence-corrected chi connectivity index (χ2v) is 9.02. The smallest absolute Gasteiger partial charge is 0.322 e. The van der Waals surface area contributed by atoms with Gasteiger partial charge in [0, 0.05) is 18.5 Å². The molecular formula is C25H22FN5O7. The van der Waals surface area contributed by atoms with Crippen LogP contribution in [0.25, 0.3) is 11.0 Å². The first-order valence-corrected chi connectivity index (χ1v) is 11.5. The number of amides is 7. The lowest BCUT2D eigenvalue weighted by Crippen LogP contribution is -2.42. The molecule has 38 heavy (non-hydrogen) atoms. The van der Waals surface area contributed by atoms with Gasteiger partial charge < -0.3 is 24.7 Å². The number of hydrogen-bond acceptors (Lipinski definition) is 7. The van der Waals surface area contributed by atoms with Crippen LogP contribution >= 0.6 is 0 Å². The normalized spacial score (nSPS) is 19.1. The summed E-state index contributed by atoms with van der Waals surface area (Å²) in [6.45, 7) is 1.54. The largest absolute Gasteiger partial charge is 0.494 e. The van der Waals surface area contributed by atoms with Gasteiger partial charge in [-0.15, -0.1) is 0 Å². The van der Waals surface area contributed by atoms with Gasteiger partial charge >= 0.3 is 12.1 Å². The number of carbonyl (C=O) groups excluding carboxylic acids is 5. The number of halogens is 1. The van der Waals surface area contributed by atoms with Crippen LogP contribution in [0.3, 0.4) is 0 Å². The lowest BCUT2D eigenvalue weighted by Gasteiger charge is -2.23. The molecule has 0 saturated carbocycles. The molecule has 1 saturated heterocycles. The number of furan rings is 1. The molecule has 0 spiro atoms. The van der Waals surface area contributed by atoms with Crippen molar-refractivity contribution in [2.75, 3.05) is 13.7 Å². The maximum Gasteiger partial charge on any atom is 0.322 e. The quantitative estimate of drug-likeness (QED) is 0.271. The Morgan fingerprint density at radius 3 is 2.74 bits per heavy atom. The molecule has 4 N–H and O–H groups in total. The summed E-state index contributed by atoms with van der Waals surface area (Å²) in [4.78, 5) is 61.5. The van der Waals surface area contributed by atoms with Crippen molar-refractivity contribution in [3.8, 4) is 5.75 Å². The van der Waals surface area contributed by atoms with Crippen LogP contribution in [0.5, 0.6) is 5.75 Å². The molecule has 2 aliphatic rings. The van der Waals surface area contributed by atoms with Crippen LogP contribution in [-0.2, 0) is 21.7 Å². The fourth-order valence-electron chi connectivity index (χ4n) is 4.67. The second kappa shape index (κ2) is 9.18. The minimum Gasteiger partial charge on any atom is -0.494 e. The van der Waals surface area contributed by atoms with Gasteiger partial charge in [0.2, 0.25) is 6.41 Å². The van der Waals surface area contributed by atoms with Crippen LogP contribution in [-0.4, -0.2) is 48.8 Å². The summed E-state index contributed by atoms with van der Waals surface area (Å²) in [5.74, 6) is -1.69. The van der Waals surface area contributed by atoms with E-state index in [0.29, 0.717) is 22.1 Å². The molecule has 3 heterocycles. The molecule has 2 aliphatic heterocycles. The Hall–Kier alpha value is -4.94. The molecule has 196 valence electrons. The van der Waals surface area contributed by atoms with Crippen molar-refractivity contribution >= 4 is 41.3 Å². The fourth-order valence-corrected chi connectivity index (χ4v) is 4.67. The van der Waals surface area contributed by atoms with E-state index in [0.717, 1.165) is 0 Å². The van der Waals surface area contributed by atoms with Gasteiger partial charge in [0.1, 0.15) is 22.9 Å². The maximum atomic E-state index is 14.8. The van der Waals surface area contributed by atoms with Gasteiger partial charge in [-0.2, -0.15) is 0 Å². The van der Waals surface area contributed by atoms with Gasteiger partial charge in [-0.1, -0.05) is 12.1 Å². The first-order valence-electron chi connectivity index (χ1n) is 11.5. The Morgan fingerprint density at radius 2 is 2.05 bits per heavy atom. The van der Waals surface area contributed by atoms with E-state index in [9.17, 15) is 28.4 Å². The number of hydrogen-bond donors (Lipinski definition) is 4.